The summed E-state index contributed by atoms with van der Waals surface area (Å²) in [5, 5.41) is 23.4. The van der Waals surface area contributed by atoms with Crippen molar-refractivity contribution in [1.29, 1.82) is 0 Å². The molecule has 0 radical (unpaired) electrons. The first-order chi connectivity index (χ1) is 13.8. The highest BCUT2D eigenvalue weighted by Crippen LogP contribution is 2.29. The smallest absolute Gasteiger partial charge is 0.324 e. The molecule has 10 heteroatoms. The molecule has 0 saturated heterocycles. The van der Waals surface area contributed by atoms with E-state index >= 15 is 0 Å². The lowest BCUT2D eigenvalue weighted by Gasteiger charge is -2.14. The molecule has 0 bridgehead atoms. The van der Waals surface area contributed by atoms with Gasteiger partial charge < -0.3 is 19.7 Å². The molecule has 2 aromatic carbocycles. The van der Waals surface area contributed by atoms with Crippen LogP contribution in [0.2, 0.25) is 10.0 Å². The molecular formula is C19H18Cl2N2O6. The normalized spacial score (nSPS) is 10.7. The Hall–Kier alpha value is -2.97. The van der Waals surface area contributed by atoms with E-state index in [9.17, 15) is 9.59 Å². The van der Waals surface area contributed by atoms with Crippen LogP contribution in [-0.2, 0) is 16.2 Å². The number of aliphatic carboxylic acids is 2. The summed E-state index contributed by atoms with van der Waals surface area (Å²) in [5.74, 6) is -1.47. The molecule has 29 heavy (non-hydrogen) atoms. The maximum absolute atomic E-state index is 10.8. The van der Waals surface area contributed by atoms with Crippen LogP contribution in [0.4, 0.5) is 0 Å². The number of ether oxygens (including phenoxy) is 2. The van der Waals surface area contributed by atoms with Gasteiger partial charge in [-0.2, -0.15) is 5.10 Å². The van der Waals surface area contributed by atoms with Crippen LogP contribution < -0.4 is 9.47 Å². The summed E-state index contributed by atoms with van der Waals surface area (Å²) in [4.78, 5) is 21.6. The predicted octanol–water partition coefficient (Wildman–Crippen LogP) is 3.39. The standard InChI is InChI=1S/C19H18Cl2N2O6/c1-28-17-7-12(8-22-23(9-18(24)25)10-19(26)27)3-5-16(17)29-11-13-2-4-14(20)15(21)6-13/h2-8H,9-11H2,1H3,(H,24,25)(H,26,27)/b22-8-. The number of hydrazone groups is 1. The highest BCUT2D eigenvalue weighted by molar-refractivity contribution is 6.42. The fourth-order valence-corrected chi connectivity index (χ4v) is 2.59. The Morgan fingerprint density at radius 2 is 1.72 bits per heavy atom. The SMILES string of the molecule is COc1cc(/C=N\N(CC(=O)O)CC(=O)O)ccc1OCc1ccc(Cl)c(Cl)c1. The van der Waals surface area contributed by atoms with Crippen LogP contribution in [0.5, 0.6) is 11.5 Å². The molecule has 0 aliphatic rings. The maximum atomic E-state index is 10.8. The number of halogens is 2. The zero-order valence-electron chi connectivity index (χ0n) is 15.3. The van der Waals surface area contributed by atoms with Crippen LogP contribution >= 0.6 is 23.2 Å². The Balaban J connectivity index is 2.11. The zero-order valence-corrected chi connectivity index (χ0v) is 16.9. The van der Waals surface area contributed by atoms with Gasteiger partial charge in [0.25, 0.3) is 0 Å². The molecule has 0 atom stereocenters. The fraction of sp³-hybridized carbons (Fsp3) is 0.211. The second-order valence-corrected chi connectivity index (χ2v) is 6.62. The number of methoxy groups -OCH3 is 1. The van der Waals surface area contributed by atoms with Crippen LogP contribution in [0.15, 0.2) is 41.5 Å². The van der Waals surface area contributed by atoms with Gasteiger partial charge in [-0.3, -0.25) is 14.6 Å². The van der Waals surface area contributed by atoms with E-state index in [1.807, 2.05) is 0 Å². The van der Waals surface area contributed by atoms with Gasteiger partial charge in [0.2, 0.25) is 0 Å². The van der Waals surface area contributed by atoms with E-state index in [-0.39, 0.29) is 6.61 Å². The van der Waals surface area contributed by atoms with E-state index in [2.05, 4.69) is 5.10 Å². The molecule has 8 nitrogen and oxygen atoms in total. The largest absolute Gasteiger partial charge is 0.493 e. The quantitative estimate of drug-likeness (QED) is 0.430. The molecule has 0 unspecified atom stereocenters. The number of hydrogen-bond acceptors (Lipinski definition) is 6. The van der Waals surface area contributed by atoms with E-state index in [4.69, 9.17) is 42.9 Å². The Labute approximate surface area is 176 Å². The molecule has 0 fully saturated rings. The lowest BCUT2D eigenvalue weighted by Crippen LogP contribution is -2.30. The van der Waals surface area contributed by atoms with Crippen LogP contribution in [0.3, 0.4) is 0 Å². The number of carboxylic acid groups (broad SMARTS) is 2. The maximum Gasteiger partial charge on any atom is 0.324 e. The van der Waals surface area contributed by atoms with Gasteiger partial charge in [0.05, 0.1) is 23.4 Å². The summed E-state index contributed by atoms with van der Waals surface area (Å²) in [5.41, 5.74) is 1.40. The fourth-order valence-electron chi connectivity index (χ4n) is 2.27. The predicted molar refractivity (Wildman–Crippen MR) is 108 cm³/mol. The molecule has 154 valence electrons. The molecule has 0 heterocycles. The van der Waals surface area contributed by atoms with Gasteiger partial charge in [-0.25, -0.2) is 0 Å². The van der Waals surface area contributed by atoms with Crippen molar-refractivity contribution in [2.45, 2.75) is 6.61 Å². The van der Waals surface area contributed by atoms with Crippen molar-refractivity contribution in [2.24, 2.45) is 5.10 Å². The topological polar surface area (TPSA) is 109 Å². The third kappa shape index (κ3) is 7.17. The summed E-state index contributed by atoms with van der Waals surface area (Å²) in [6, 6.07) is 10.2. The summed E-state index contributed by atoms with van der Waals surface area (Å²) in [6.45, 7) is -0.832. The summed E-state index contributed by atoms with van der Waals surface area (Å²) in [6.07, 6.45) is 1.34. The number of hydrogen-bond donors (Lipinski definition) is 2. The van der Waals surface area contributed by atoms with Gasteiger partial charge in [-0.1, -0.05) is 29.3 Å². The van der Waals surface area contributed by atoms with Crippen LogP contribution in [-0.4, -0.2) is 53.6 Å². The van der Waals surface area contributed by atoms with Gasteiger partial charge >= 0.3 is 11.9 Å². The lowest BCUT2D eigenvalue weighted by atomic mass is 10.2. The minimum absolute atomic E-state index is 0.242. The van der Waals surface area contributed by atoms with E-state index < -0.39 is 25.0 Å². The Morgan fingerprint density at radius 1 is 1.03 bits per heavy atom. The van der Waals surface area contributed by atoms with Crippen LogP contribution in [0.1, 0.15) is 11.1 Å². The van der Waals surface area contributed by atoms with Crippen molar-refractivity contribution in [2.75, 3.05) is 20.2 Å². The molecule has 2 aromatic rings. The third-order valence-corrected chi connectivity index (χ3v) is 4.31. The second-order valence-electron chi connectivity index (χ2n) is 5.80. The Bertz CT molecular complexity index is 904. The van der Waals surface area contributed by atoms with E-state index in [1.165, 1.54) is 13.3 Å². The zero-order chi connectivity index (χ0) is 21.4. The molecule has 0 aliphatic carbocycles. The first kappa shape index (κ1) is 22.3. The average Bonchev–Trinajstić information content (AvgIpc) is 2.66. The molecule has 2 rings (SSSR count). The summed E-state index contributed by atoms with van der Waals surface area (Å²) >= 11 is 11.9. The first-order valence-corrected chi connectivity index (χ1v) is 9.01. The van der Waals surface area contributed by atoms with Gasteiger partial charge in [-0.15, -0.1) is 0 Å². The summed E-state index contributed by atoms with van der Waals surface area (Å²) in [7, 11) is 1.48. The number of benzene rings is 2. The third-order valence-electron chi connectivity index (χ3n) is 3.57. The van der Waals surface area contributed by atoms with Crippen molar-refractivity contribution in [1.82, 2.24) is 5.01 Å². The molecular weight excluding hydrogens is 423 g/mol. The van der Waals surface area contributed by atoms with Gasteiger partial charge in [-0.05, 0) is 41.5 Å². The number of rotatable bonds is 10. The highest BCUT2D eigenvalue weighted by atomic mass is 35.5. The average molecular weight is 441 g/mol. The van der Waals surface area contributed by atoms with E-state index in [1.54, 1.807) is 36.4 Å². The van der Waals surface area contributed by atoms with Gasteiger partial charge in [0.1, 0.15) is 19.7 Å². The molecule has 0 aromatic heterocycles. The van der Waals surface area contributed by atoms with Gasteiger partial charge in [0, 0.05) is 0 Å². The van der Waals surface area contributed by atoms with Crippen molar-refractivity contribution in [3.63, 3.8) is 0 Å². The highest BCUT2D eigenvalue weighted by Gasteiger charge is 2.11. The number of nitrogens with zero attached hydrogens (tertiary/aromatic N) is 2. The molecule has 0 amide bonds. The number of carbonyl (C=O) groups is 2. The molecule has 2 N–H and O–H groups in total. The Kier molecular flexibility index (Phi) is 8.11. The first-order valence-electron chi connectivity index (χ1n) is 8.25. The van der Waals surface area contributed by atoms with Crippen LogP contribution in [0, 0.1) is 0 Å². The minimum Gasteiger partial charge on any atom is -0.493 e. The monoisotopic (exact) mass is 440 g/mol. The Morgan fingerprint density at radius 3 is 2.31 bits per heavy atom. The van der Waals surface area contributed by atoms with Crippen molar-refractivity contribution in [3.8, 4) is 11.5 Å². The van der Waals surface area contributed by atoms with Crippen LogP contribution in [0.25, 0.3) is 0 Å². The molecule has 0 saturated carbocycles. The van der Waals surface area contributed by atoms with E-state index in [0.717, 1.165) is 10.6 Å². The van der Waals surface area contributed by atoms with Crippen molar-refractivity contribution in [3.05, 3.63) is 57.6 Å². The van der Waals surface area contributed by atoms with Crippen molar-refractivity contribution < 1.29 is 29.3 Å². The molecule has 0 spiro atoms. The van der Waals surface area contributed by atoms with Crippen molar-refractivity contribution >= 4 is 41.4 Å². The lowest BCUT2D eigenvalue weighted by molar-refractivity contribution is -0.141. The van der Waals surface area contributed by atoms with Gasteiger partial charge in [0.15, 0.2) is 11.5 Å². The number of carboxylic acids is 2. The second kappa shape index (κ2) is 10.5. The van der Waals surface area contributed by atoms with E-state index in [0.29, 0.717) is 27.1 Å². The summed E-state index contributed by atoms with van der Waals surface area (Å²) < 4.78 is 11.1. The molecule has 0 aliphatic heterocycles. The minimum atomic E-state index is -1.19.